The summed E-state index contributed by atoms with van der Waals surface area (Å²) in [6, 6.07) is 2.03. The number of aromatic amines is 1. The van der Waals surface area contributed by atoms with Gasteiger partial charge in [0.2, 0.25) is 0 Å². The highest BCUT2D eigenvalue weighted by atomic mass is 16.6. The molecule has 2 aromatic heterocycles. The van der Waals surface area contributed by atoms with E-state index in [0.29, 0.717) is 5.92 Å². The van der Waals surface area contributed by atoms with Crippen LogP contribution in [0.4, 0.5) is 4.79 Å². The number of rotatable bonds is 2. The minimum Gasteiger partial charge on any atom is -0.444 e. The highest BCUT2D eigenvalue weighted by Gasteiger charge is 2.33. The van der Waals surface area contributed by atoms with Crippen LogP contribution in [-0.2, 0) is 11.2 Å². The molecule has 0 radical (unpaired) electrons. The van der Waals surface area contributed by atoms with Crippen molar-refractivity contribution in [2.75, 3.05) is 13.1 Å². The van der Waals surface area contributed by atoms with Crippen LogP contribution < -0.4 is 0 Å². The molecule has 21 heavy (non-hydrogen) atoms. The Morgan fingerprint density at radius 3 is 2.95 bits per heavy atom. The summed E-state index contributed by atoms with van der Waals surface area (Å²) in [4.78, 5) is 21.0. The fraction of sp³-hybridized carbons (Fsp3) is 0.500. The molecule has 3 heterocycles. The minimum absolute atomic E-state index is 0.207. The Kier molecular flexibility index (Phi) is 3.35. The zero-order chi connectivity index (χ0) is 15.0. The van der Waals surface area contributed by atoms with Gasteiger partial charge in [-0.25, -0.2) is 4.79 Å². The van der Waals surface area contributed by atoms with Crippen LogP contribution in [-0.4, -0.2) is 39.7 Å². The van der Waals surface area contributed by atoms with Gasteiger partial charge in [-0.2, -0.15) is 0 Å². The number of fused-ring (bicyclic) bond motifs is 1. The Morgan fingerprint density at radius 2 is 2.24 bits per heavy atom. The molecule has 0 unspecified atom stereocenters. The number of hydrogen-bond acceptors (Lipinski definition) is 3. The number of amides is 1. The van der Waals surface area contributed by atoms with Crippen molar-refractivity contribution in [3.05, 3.63) is 30.2 Å². The topological polar surface area (TPSA) is 58.2 Å². The van der Waals surface area contributed by atoms with Crippen molar-refractivity contribution in [2.45, 2.75) is 32.8 Å². The van der Waals surface area contributed by atoms with Gasteiger partial charge >= 0.3 is 6.09 Å². The summed E-state index contributed by atoms with van der Waals surface area (Å²) in [5.74, 6) is 0.504. The molecule has 1 amide bonds. The van der Waals surface area contributed by atoms with Gasteiger partial charge in [0.1, 0.15) is 5.60 Å². The molecule has 1 fully saturated rings. The van der Waals surface area contributed by atoms with Crippen molar-refractivity contribution >= 4 is 17.0 Å². The van der Waals surface area contributed by atoms with E-state index in [4.69, 9.17) is 4.74 Å². The maximum atomic E-state index is 11.9. The number of carbonyl (C=O) groups is 1. The molecule has 5 heteroatoms. The van der Waals surface area contributed by atoms with Gasteiger partial charge in [-0.3, -0.25) is 4.98 Å². The van der Waals surface area contributed by atoms with Crippen LogP contribution in [0.5, 0.6) is 0 Å². The lowest BCUT2D eigenvalue weighted by molar-refractivity contribution is -0.000832. The Morgan fingerprint density at radius 1 is 1.48 bits per heavy atom. The zero-order valence-corrected chi connectivity index (χ0v) is 12.7. The fourth-order valence-electron chi connectivity index (χ4n) is 2.69. The molecule has 1 N–H and O–H groups in total. The van der Waals surface area contributed by atoms with Gasteiger partial charge in [0.25, 0.3) is 0 Å². The SMILES string of the molecule is CC(C)(C)OC(=O)N1CC(Cc2c[nH]c3cnccc23)C1. The lowest BCUT2D eigenvalue weighted by atomic mass is 9.92. The second kappa shape index (κ2) is 5.06. The number of H-pyrrole nitrogens is 1. The number of hydrogen-bond donors (Lipinski definition) is 1. The van der Waals surface area contributed by atoms with E-state index in [0.717, 1.165) is 25.0 Å². The van der Waals surface area contributed by atoms with Crippen LogP contribution in [0.25, 0.3) is 10.9 Å². The van der Waals surface area contributed by atoms with Gasteiger partial charge in [-0.05, 0) is 44.7 Å². The minimum atomic E-state index is -0.425. The lowest BCUT2D eigenvalue weighted by Gasteiger charge is -2.39. The number of nitrogens with zero attached hydrogens (tertiary/aromatic N) is 2. The number of ether oxygens (including phenoxy) is 1. The Labute approximate surface area is 124 Å². The van der Waals surface area contributed by atoms with Crippen molar-refractivity contribution in [1.82, 2.24) is 14.9 Å². The predicted octanol–water partition coefficient (Wildman–Crippen LogP) is 2.97. The Balaban J connectivity index is 1.57. The number of nitrogens with one attached hydrogen (secondary N) is 1. The largest absolute Gasteiger partial charge is 0.444 e. The summed E-state index contributed by atoms with van der Waals surface area (Å²) < 4.78 is 5.37. The van der Waals surface area contributed by atoms with Crippen molar-refractivity contribution in [2.24, 2.45) is 5.92 Å². The molecule has 0 atom stereocenters. The molecule has 1 aliphatic heterocycles. The van der Waals surface area contributed by atoms with E-state index in [1.54, 1.807) is 4.90 Å². The predicted molar refractivity (Wildman–Crippen MR) is 81.1 cm³/mol. The quantitative estimate of drug-likeness (QED) is 0.923. The zero-order valence-electron chi connectivity index (χ0n) is 12.7. The molecule has 2 aromatic rings. The van der Waals surface area contributed by atoms with Crippen molar-refractivity contribution < 1.29 is 9.53 Å². The molecule has 1 aliphatic rings. The van der Waals surface area contributed by atoms with E-state index in [2.05, 4.69) is 9.97 Å². The van der Waals surface area contributed by atoms with E-state index in [1.165, 1.54) is 10.9 Å². The van der Waals surface area contributed by atoms with E-state index < -0.39 is 5.60 Å². The molecule has 5 nitrogen and oxygen atoms in total. The van der Waals surface area contributed by atoms with Crippen LogP contribution in [0, 0.1) is 5.92 Å². The van der Waals surface area contributed by atoms with Crippen LogP contribution in [0.3, 0.4) is 0 Å². The maximum absolute atomic E-state index is 11.9. The smallest absolute Gasteiger partial charge is 0.410 e. The van der Waals surface area contributed by atoms with E-state index in [9.17, 15) is 4.79 Å². The number of likely N-dealkylation sites (tertiary alicyclic amines) is 1. The first-order chi connectivity index (χ1) is 9.92. The maximum Gasteiger partial charge on any atom is 0.410 e. The van der Waals surface area contributed by atoms with E-state index >= 15 is 0 Å². The number of carbonyl (C=O) groups excluding carboxylic acids is 1. The molecule has 0 saturated carbocycles. The van der Waals surface area contributed by atoms with Crippen molar-refractivity contribution in [3.63, 3.8) is 0 Å². The molecular formula is C16H21N3O2. The van der Waals surface area contributed by atoms with Gasteiger partial charge in [0.15, 0.2) is 0 Å². The summed E-state index contributed by atoms with van der Waals surface area (Å²) in [7, 11) is 0. The van der Waals surface area contributed by atoms with Crippen molar-refractivity contribution in [1.29, 1.82) is 0 Å². The molecule has 0 aliphatic carbocycles. The first-order valence-electron chi connectivity index (χ1n) is 7.30. The highest BCUT2D eigenvalue weighted by Crippen LogP contribution is 2.26. The second-order valence-electron chi connectivity index (χ2n) is 6.69. The average molecular weight is 287 g/mol. The number of aromatic nitrogens is 2. The highest BCUT2D eigenvalue weighted by molar-refractivity contribution is 5.82. The fourth-order valence-corrected chi connectivity index (χ4v) is 2.69. The third-order valence-corrected chi connectivity index (χ3v) is 3.69. The van der Waals surface area contributed by atoms with E-state index in [1.807, 2.05) is 45.4 Å². The molecular weight excluding hydrogens is 266 g/mol. The molecule has 112 valence electrons. The number of pyridine rings is 1. The lowest BCUT2D eigenvalue weighted by Crippen LogP contribution is -2.52. The summed E-state index contributed by atoms with van der Waals surface area (Å²) in [5.41, 5.74) is 1.93. The third kappa shape index (κ3) is 3.01. The Bertz CT molecular complexity index is 651. The van der Waals surface area contributed by atoms with Gasteiger partial charge in [-0.1, -0.05) is 0 Å². The second-order valence-corrected chi connectivity index (χ2v) is 6.69. The first kappa shape index (κ1) is 13.9. The van der Waals surface area contributed by atoms with Gasteiger partial charge in [-0.15, -0.1) is 0 Å². The summed E-state index contributed by atoms with van der Waals surface area (Å²) in [5, 5.41) is 1.22. The van der Waals surface area contributed by atoms with Gasteiger partial charge in [0.05, 0.1) is 11.7 Å². The van der Waals surface area contributed by atoms with Gasteiger partial charge in [0, 0.05) is 30.9 Å². The average Bonchev–Trinajstić information content (AvgIpc) is 2.74. The molecule has 1 saturated heterocycles. The van der Waals surface area contributed by atoms with Crippen molar-refractivity contribution in [3.8, 4) is 0 Å². The summed E-state index contributed by atoms with van der Waals surface area (Å²) in [6.45, 7) is 7.21. The first-order valence-corrected chi connectivity index (χ1v) is 7.30. The standard InChI is InChI=1S/C16H21N3O2/c1-16(2,3)21-15(20)19-9-11(10-19)6-12-7-18-14-8-17-5-4-13(12)14/h4-5,7-8,11,18H,6,9-10H2,1-3H3. The van der Waals surface area contributed by atoms with E-state index in [-0.39, 0.29) is 6.09 Å². The summed E-state index contributed by atoms with van der Waals surface area (Å²) >= 11 is 0. The van der Waals surface area contributed by atoms with Crippen LogP contribution in [0.1, 0.15) is 26.3 Å². The van der Waals surface area contributed by atoms with Gasteiger partial charge < -0.3 is 14.6 Å². The molecule has 0 spiro atoms. The summed E-state index contributed by atoms with van der Waals surface area (Å²) in [6.07, 6.45) is 6.47. The third-order valence-electron chi connectivity index (χ3n) is 3.69. The monoisotopic (exact) mass is 287 g/mol. The Hall–Kier alpha value is -2.04. The molecule has 0 aromatic carbocycles. The molecule has 0 bridgehead atoms. The molecule has 3 rings (SSSR count). The van der Waals surface area contributed by atoms with Crippen LogP contribution in [0.15, 0.2) is 24.7 Å². The normalized spacial score (nSPS) is 16.0. The van der Waals surface area contributed by atoms with Crippen LogP contribution in [0.2, 0.25) is 0 Å². The van der Waals surface area contributed by atoms with Crippen LogP contribution >= 0.6 is 0 Å².